The summed E-state index contributed by atoms with van der Waals surface area (Å²) in [6, 6.07) is 4.43. The SMILES string of the molecule is CCOC(=O)C[C@H](N)c1ccc(OC(F)(F)F)cc1. The Morgan fingerprint density at radius 3 is 2.37 bits per heavy atom. The van der Waals surface area contributed by atoms with Crippen molar-refractivity contribution in [2.45, 2.75) is 25.7 Å². The average molecular weight is 277 g/mol. The number of carbonyl (C=O) groups is 1. The molecule has 0 saturated carbocycles. The van der Waals surface area contributed by atoms with Crippen LogP contribution in [-0.4, -0.2) is 18.9 Å². The fraction of sp³-hybridized carbons (Fsp3) is 0.417. The van der Waals surface area contributed by atoms with Crippen LogP contribution in [0.15, 0.2) is 24.3 Å². The van der Waals surface area contributed by atoms with E-state index in [9.17, 15) is 18.0 Å². The van der Waals surface area contributed by atoms with Gasteiger partial charge in [0, 0.05) is 6.04 Å². The maximum Gasteiger partial charge on any atom is 0.573 e. The van der Waals surface area contributed by atoms with E-state index >= 15 is 0 Å². The van der Waals surface area contributed by atoms with Gasteiger partial charge < -0.3 is 15.2 Å². The van der Waals surface area contributed by atoms with Gasteiger partial charge in [0.1, 0.15) is 5.75 Å². The van der Waals surface area contributed by atoms with E-state index in [1.54, 1.807) is 6.92 Å². The Morgan fingerprint density at radius 2 is 1.89 bits per heavy atom. The highest BCUT2D eigenvalue weighted by Crippen LogP contribution is 2.24. The molecule has 0 aliphatic heterocycles. The van der Waals surface area contributed by atoms with Gasteiger partial charge in [0.2, 0.25) is 0 Å². The largest absolute Gasteiger partial charge is 0.573 e. The lowest BCUT2D eigenvalue weighted by Crippen LogP contribution is -2.18. The summed E-state index contributed by atoms with van der Waals surface area (Å²) in [4.78, 5) is 11.2. The zero-order chi connectivity index (χ0) is 14.5. The second-order valence-electron chi connectivity index (χ2n) is 3.73. The summed E-state index contributed by atoms with van der Waals surface area (Å²) in [6.07, 6.45) is -4.76. The number of hydrogen-bond donors (Lipinski definition) is 1. The van der Waals surface area contributed by atoms with Gasteiger partial charge in [0.15, 0.2) is 0 Å². The second kappa shape index (κ2) is 6.42. The van der Waals surface area contributed by atoms with Crippen molar-refractivity contribution in [1.29, 1.82) is 0 Å². The summed E-state index contributed by atoms with van der Waals surface area (Å²) in [7, 11) is 0. The smallest absolute Gasteiger partial charge is 0.466 e. The molecular formula is C12H14F3NO3. The number of halogens is 3. The zero-order valence-corrected chi connectivity index (χ0v) is 10.2. The number of carbonyl (C=O) groups excluding carboxylic acids is 1. The molecule has 0 aliphatic carbocycles. The molecule has 0 aliphatic rings. The number of alkyl halides is 3. The number of hydrogen-bond acceptors (Lipinski definition) is 4. The molecule has 0 amide bonds. The number of rotatable bonds is 5. The van der Waals surface area contributed by atoms with E-state index in [-0.39, 0.29) is 18.8 Å². The Hall–Kier alpha value is -1.76. The molecule has 1 rings (SSSR count). The van der Waals surface area contributed by atoms with Gasteiger partial charge in [0.25, 0.3) is 0 Å². The molecule has 0 fully saturated rings. The van der Waals surface area contributed by atoms with Crippen LogP contribution in [0.3, 0.4) is 0 Å². The quantitative estimate of drug-likeness (QED) is 0.840. The minimum atomic E-state index is -4.73. The van der Waals surface area contributed by atoms with E-state index < -0.39 is 18.4 Å². The molecule has 0 heterocycles. The van der Waals surface area contributed by atoms with E-state index in [0.717, 1.165) is 12.1 Å². The maximum absolute atomic E-state index is 11.9. The van der Waals surface area contributed by atoms with Crippen molar-refractivity contribution in [2.75, 3.05) is 6.61 Å². The lowest BCUT2D eigenvalue weighted by atomic mass is 10.0. The van der Waals surface area contributed by atoms with Gasteiger partial charge in [-0.1, -0.05) is 12.1 Å². The van der Waals surface area contributed by atoms with E-state index in [1.807, 2.05) is 0 Å². The molecule has 0 aromatic heterocycles. The van der Waals surface area contributed by atoms with Crippen LogP contribution in [0.4, 0.5) is 13.2 Å². The fourth-order valence-corrected chi connectivity index (χ4v) is 1.43. The van der Waals surface area contributed by atoms with Crippen LogP contribution >= 0.6 is 0 Å². The van der Waals surface area contributed by atoms with Crippen LogP contribution < -0.4 is 10.5 Å². The summed E-state index contributed by atoms with van der Waals surface area (Å²) < 4.78 is 44.3. The Bertz CT molecular complexity index is 417. The predicted octanol–water partition coefficient (Wildman–Crippen LogP) is 2.54. The number of esters is 1. The summed E-state index contributed by atoms with van der Waals surface area (Å²) in [5.74, 6) is -0.787. The Balaban J connectivity index is 2.63. The molecule has 19 heavy (non-hydrogen) atoms. The zero-order valence-electron chi connectivity index (χ0n) is 10.2. The number of nitrogens with two attached hydrogens (primary N) is 1. The molecule has 0 bridgehead atoms. The highest BCUT2D eigenvalue weighted by molar-refractivity contribution is 5.70. The monoisotopic (exact) mass is 277 g/mol. The molecule has 0 spiro atoms. The van der Waals surface area contributed by atoms with Crippen molar-refractivity contribution >= 4 is 5.97 Å². The first-order chi connectivity index (χ1) is 8.81. The lowest BCUT2D eigenvalue weighted by molar-refractivity contribution is -0.274. The minimum Gasteiger partial charge on any atom is -0.466 e. The number of benzene rings is 1. The standard InChI is InChI=1S/C12H14F3NO3/c1-2-18-11(17)7-10(16)8-3-5-9(6-4-8)19-12(13,14)15/h3-6,10H,2,7,16H2,1H3/t10-/m0/s1. The van der Waals surface area contributed by atoms with E-state index in [0.29, 0.717) is 5.56 Å². The van der Waals surface area contributed by atoms with Gasteiger partial charge in [-0.15, -0.1) is 13.2 Å². The molecule has 7 heteroatoms. The molecule has 1 atom stereocenters. The molecule has 0 radical (unpaired) electrons. The number of ether oxygens (including phenoxy) is 2. The van der Waals surface area contributed by atoms with Gasteiger partial charge in [0.05, 0.1) is 13.0 Å². The third kappa shape index (κ3) is 5.60. The summed E-state index contributed by atoms with van der Waals surface area (Å²) in [5.41, 5.74) is 6.27. The highest BCUT2D eigenvalue weighted by Gasteiger charge is 2.31. The van der Waals surface area contributed by atoms with Crippen LogP contribution in [0.25, 0.3) is 0 Å². The van der Waals surface area contributed by atoms with Crippen LogP contribution in [0.5, 0.6) is 5.75 Å². The van der Waals surface area contributed by atoms with Crippen LogP contribution in [0.2, 0.25) is 0 Å². The first kappa shape index (κ1) is 15.3. The predicted molar refractivity (Wildman–Crippen MR) is 61.3 cm³/mol. The first-order valence-electron chi connectivity index (χ1n) is 5.58. The van der Waals surface area contributed by atoms with Crippen molar-refractivity contribution in [3.63, 3.8) is 0 Å². The fourth-order valence-electron chi connectivity index (χ4n) is 1.43. The molecule has 1 aromatic carbocycles. The maximum atomic E-state index is 11.9. The van der Waals surface area contributed by atoms with Crippen LogP contribution in [-0.2, 0) is 9.53 Å². The van der Waals surface area contributed by atoms with Crippen molar-refractivity contribution in [1.82, 2.24) is 0 Å². The Morgan fingerprint density at radius 1 is 1.32 bits per heavy atom. The van der Waals surface area contributed by atoms with Gasteiger partial charge in [-0.05, 0) is 24.6 Å². The van der Waals surface area contributed by atoms with Gasteiger partial charge in [-0.25, -0.2) is 0 Å². The Labute approximate surface area is 108 Å². The van der Waals surface area contributed by atoms with Crippen molar-refractivity contribution < 1.29 is 27.4 Å². The summed E-state index contributed by atoms with van der Waals surface area (Å²) >= 11 is 0. The van der Waals surface area contributed by atoms with Crippen molar-refractivity contribution in [2.24, 2.45) is 5.73 Å². The van der Waals surface area contributed by atoms with Gasteiger partial charge in [-0.3, -0.25) is 4.79 Å². The lowest BCUT2D eigenvalue weighted by Gasteiger charge is -2.13. The van der Waals surface area contributed by atoms with E-state index in [1.165, 1.54) is 12.1 Å². The normalized spacial score (nSPS) is 12.9. The summed E-state index contributed by atoms with van der Waals surface area (Å²) in [6.45, 7) is 1.93. The van der Waals surface area contributed by atoms with Crippen molar-refractivity contribution in [3.05, 3.63) is 29.8 Å². The van der Waals surface area contributed by atoms with E-state index in [2.05, 4.69) is 4.74 Å². The minimum absolute atomic E-state index is 0.0344. The van der Waals surface area contributed by atoms with Gasteiger partial charge in [-0.2, -0.15) is 0 Å². The van der Waals surface area contributed by atoms with Crippen molar-refractivity contribution in [3.8, 4) is 5.75 Å². The molecule has 0 saturated heterocycles. The molecule has 2 N–H and O–H groups in total. The van der Waals surface area contributed by atoms with Crippen LogP contribution in [0.1, 0.15) is 24.9 Å². The summed E-state index contributed by atoms with van der Waals surface area (Å²) in [5, 5.41) is 0. The second-order valence-corrected chi connectivity index (χ2v) is 3.73. The third-order valence-electron chi connectivity index (χ3n) is 2.23. The Kier molecular flexibility index (Phi) is 5.17. The first-order valence-corrected chi connectivity index (χ1v) is 5.58. The molecule has 106 valence electrons. The molecule has 0 unspecified atom stereocenters. The van der Waals surface area contributed by atoms with Gasteiger partial charge >= 0.3 is 12.3 Å². The average Bonchev–Trinajstić information content (AvgIpc) is 2.27. The molecule has 4 nitrogen and oxygen atoms in total. The van der Waals surface area contributed by atoms with E-state index in [4.69, 9.17) is 10.5 Å². The third-order valence-corrected chi connectivity index (χ3v) is 2.23. The highest BCUT2D eigenvalue weighted by atomic mass is 19.4. The topological polar surface area (TPSA) is 61.5 Å². The van der Waals surface area contributed by atoms with Crippen LogP contribution in [0, 0.1) is 0 Å². The molecular weight excluding hydrogens is 263 g/mol. The molecule has 1 aromatic rings.